The van der Waals surface area contributed by atoms with Crippen LogP contribution in [-0.4, -0.2) is 47.4 Å². The molecule has 0 saturated carbocycles. The Bertz CT molecular complexity index is 1030. The Morgan fingerprint density at radius 3 is 1.08 bits per heavy atom. The van der Waals surface area contributed by atoms with E-state index in [1.165, 1.54) is 250 Å². The lowest BCUT2D eigenvalue weighted by molar-refractivity contribution is -0.143. The molecule has 1 amide bonds. The van der Waals surface area contributed by atoms with Crippen LogP contribution in [0.15, 0.2) is 24.3 Å². The summed E-state index contributed by atoms with van der Waals surface area (Å²) in [6.45, 7) is 4.89. The minimum atomic E-state index is -0.846. The van der Waals surface area contributed by atoms with Gasteiger partial charge in [0, 0.05) is 12.8 Å². The van der Waals surface area contributed by atoms with Crippen molar-refractivity contribution >= 4 is 11.9 Å². The second-order valence-electron chi connectivity index (χ2n) is 20.3. The summed E-state index contributed by atoms with van der Waals surface area (Å²) in [5, 5.41) is 22.9. The van der Waals surface area contributed by atoms with Gasteiger partial charge in [0.05, 0.1) is 25.4 Å². The molecule has 0 rings (SSSR count). The van der Waals surface area contributed by atoms with Gasteiger partial charge in [0.1, 0.15) is 0 Å². The number of carbonyl (C=O) groups excluding carboxylic acids is 2. The van der Waals surface area contributed by atoms with Gasteiger partial charge < -0.3 is 20.3 Å². The van der Waals surface area contributed by atoms with E-state index in [0.717, 1.165) is 44.9 Å². The van der Waals surface area contributed by atoms with Crippen LogP contribution in [-0.2, 0) is 14.3 Å². The molecule has 0 aromatic rings. The van der Waals surface area contributed by atoms with E-state index in [4.69, 9.17) is 4.74 Å². The maximum atomic E-state index is 12.4. The molecule has 66 heavy (non-hydrogen) atoms. The highest BCUT2D eigenvalue weighted by Gasteiger charge is 2.18. The fraction of sp³-hybridized carbons (Fsp3) is 0.900. The summed E-state index contributed by atoms with van der Waals surface area (Å²) in [5.74, 6) is -0.0635. The quantitative estimate of drug-likeness (QED) is 0.0321. The van der Waals surface area contributed by atoms with Crippen LogP contribution < -0.4 is 5.32 Å². The molecule has 0 aromatic carbocycles. The SMILES string of the molecule is CCCCCCCCC/C=C/C(O)C(CO)NC(=O)CCCCCCCCC/C=C\CCCCCCCCCCCCCOC(=O)CCCCCCCCCCCCCCCCCCCC. The number of aliphatic hydroxyl groups excluding tert-OH is 2. The molecule has 0 saturated heterocycles. The van der Waals surface area contributed by atoms with Crippen LogP contribution in [0.2, 0.25) is 0 Å². The van der Waals surface area contributed by atoms with E-state index >= 15 is 0 Å². The molecule has 2 atom stereocenters. The van der Waals surface area contributed by atoms with Gasteiger partial charge in [-0.25, -0.2) is 0 Å². The van der Waals surface area contributed by atoms with Crippen molar-refractivity contribution in [2.45, 2.75) is 334 Å². The minimum absolute atomic E-state index is 0.0137. The Labute approximate surface area is 411 Å². The number of esters is 1. The first-order chi connectivity index (χ1) is 32.5. The number of nitrogens with one attached hydrogen (secondary N) is 1. The maximum absolute atomic E-state index is 12.4. The zero-order chi connectivity index (χ0) is 47.9. The predicted octanol–water partition coefficient (Wildman–Crippen LogP) is 18.2. The molecule has 0 heterocycles. The summed E-state index contributed by atoms with van der Waals surface area (Å²) >= 11 is 0. The van der Waals surface area contributed by atoms with Crippen LogP contribution in [0.1, 0.15) is 322 Å². The van der Waals surface area contributed by atoms with Crippen LogP contribution in [0.3, 0.4) is 0 Å². The normalized spacial score (nSPS) is 12.7. The van der Waals surface area contributed by atoms with E-state index in [0.29, 0.717) is 19.4 Å². The lowest BCUT2D eigenvalue weighted by Gasteiger charge is -2.20. The van der Waals surface area contributed by atoms with Crippen molar-refractivity contribution in [3.8, 4) is 0 Å². The molecule has 6 heteroatoms. The number of amides is 1. The summed E-state index contributed by atoms with van der Waals surface area (Å²) in [6, 6.07) is -0.630. The van der Waals surface area contributed by atoms with Gasteiger partial charge >= 0.3 is 5.97 Å². The average molecular weight is 931 g/mol. The molecule has 0 aliphatic rings. The van der Waals surface area contributed by atoms with Crippen molar-refractivity contribution in [1.82, 2.24) is 5.32 Å². The van der Waals surface area contributed by atoms with E-state index in [1.54, 1.807) is 6.08 Å². The number of ether oxygens (including phenoxy) is 1. The molecule has 0 aliphatic carbocycles. The molecular weight excluding hydrogens is 815 g/mol. The number of allylic oxidation sites excluding steroid dienone is 3. The number of aliphatic hydroxyl groups is 2. The van der Waals surface area contributed by atoms with Gasteiger partial charge in [-0.1, -0.05) is 276 Å². The van der Waals surface area contributed by atoms with Crippen LogP contribution in [0.5, 0.6) is 0 Å². The van der Waals surface area contributed by atoms with Crippen LogP contribution in [0, 0.1) is 0 Å². The fourth-order valence-electron chi connectivity index (χ4n) is 9.16. The standard InChI is InChI=1S/C60H115NO5/c1-3-5-7-9-11-13-14-15-16-17-25-28-31-34-38-42-46-50-54-60(65)66-55-51-47-43-39-35-32-29-26-23-21-19-18-20-22-24-27-30-33-37-41-45-49-53-59(64)61-57(56-62)58(63)52-48-44-40-36-12-10-8-6-4-2/h20,22,48,52,57-58,62-63H,3-19,21,23-47,49-51,53-56H2,1-2H3,(H,61,64)/b22-20-,52-48+. The average Bonchev–Trinajstić information content (AvgIpc) is 3.32. The largest absolute Gasteiger partial charge is 0.466 e. The third kappa shape index (κ3) is 51.7. The second-order valence-corrected chi connectivity index (χ2v) is 20.3. The van der Waals surface area contributed by atoms with E-state index in [9.17, 15) is 19.8 Å². The van der Waals surface area contributed by atoms with Gasteiger partial charge in [0.2, 0.25) is 5.91 Å². The van der Waals surface area contributed by atoms with Crippen LogP contribution >= 0.6 is 0 Å². The molecule has 0 aromatic heterocycles. The fourth-order valence-corrected chi connectivity index (χ4v) is 9.16. The zero-order valence-corrected chi connectivity index (χ0v) is 44.4. The van der Waals surface area contributed by atoms with Crippen molar-refractivity contribution in [3.05, 3.63) is 24.3 Å². The Hall–Kier alpha value is -1.66. The van der Waals surface area contributed by atoms with Crippen molar-refractivity contribution in [2.24, 2.45) is 0 Å². The molecule has 0 radical (unpaired) electrons. The zero-order valence-electron chi connectivity index (χ0n) is 44.4. The van der Waals surface area contributed by atoms with Gasteiger partial charge in [-0.2, -0.15) is 0 Å². The molecular formula is C60H115NO5. The molecule has 390 valence electrons. The van der Waals surface area contributed by atoms with Crippen LogP contribution in [0.25, 0.3) is 0 Å². The minimum Gasteiger partial charge on any atom is -0.466 e. The third-order valence-electron chi connectivity index (χ3n) is 13.7. The van der Waals surface area contributed by atoms with Crippen molar-refractivity contribution in [3.63, 3.8) is 0 Å². The highest BCUT2D eigenvalue weighted by molar-refractivity contribution is 5.76. The summed E-state index contributed by atoms with van der Waals surface area (Å²) in [4.78, 5) is 24.5. The van der Waals surface area contributed by atoms with Gasteiger partial charge in [0.15, 0.2) is 0 Å². The monoisotopic (exact) mass is 930 g/mol. The first-order valence-corrected chi connectivity index (χ1v) is 29.6. The first kappa shape index (κ1) is 64.3. The third-order valence-corrected chi connectivity index (χ3v) is 13.7. The van der Waals surface area contributed by atoms with Crippen LogP contribution in [0.4, 0.5) is 0 Å². The van der Waals surface area contributed by atoms with E-state index in [2.05, 4.69) is 31.3 Å². The second kappa shape index (κ2) is 55.9. The lowest BCUT2D eigenvalue weighted by atomic mass is 10.0. The summed E-state index contributed by atoms with van der Waals surface area (Å²) < 4.78 is 5.50. The molecule has 6 nitrogen and oxygen atoms in total. The number of carbonyl (C=O) groups is 2. The Kier molecular flexibility index (Phi) is 54.5. The van der Waals surface area contributed by atoms with Gasteiger partial charge in [-0.05, 0) is 57.8 Å². The Balaban J connectivity index is 3.37. The maximum Gasteiger partial charge on any atom is 0.305 e. The Morgan fingerprint density at radius 2 is 0.712 bits per heavy atom. The molecule has 3 N–H and O–H groups in total. The number of unbranched alkanes of at least 4 members (excludes halogenated alkanes) is 42. The molecule has 0 bridgehead atoms. The smallest absolute Gasteiger partial charge is 0.305 e. The predicted molar refractivity (Wildman–Crippen MR) is 287 cm³/mol. The molecule has 0 fully saturated rings. The lowest BCUT2D eigenvalue weighted by Crippen LogP contribution is -2.45. The highest BCUT2D eigenvalue weighted by atomic mass is 16.5. The summed E-state index contributed by atoms with van der Waals surface area (Å²) in [5.41, 5.74) is 0. The number of rotatable bonds is 55. The highest BCUT2D eigenvalue weighted by Crippen LogP contribution is 2.17. The van der Waals surface area contributed by atoms with Gasteiger partial charge in [-0.15, -0.1) is 0 Å². The first-order valence-electron chi connectivity index (χ1n) is 29.6. The Morgan fingerprint density at radius 1 is 0.409 bits per heavy atom. The number of hydrogen-bond donors (Lipinski definition) is 3. The number of hydrogen-bond acceptors (Lipinski definition) is 5. The topological polar surface area (TPSA) is 95.9 Å². The van der Waals surface area contributed by atoms with Gasteiger partial charge in [-0.3, -0.25) is 9.59 Å². The molecule has 0 aliphatic heterocycles. The van der Waals surface area contributed by atoms with E-state index < -0.39 is 12.1 Å². The molecule has 0 spiro atoms. The van der Waals surface area contributed by atoms with Crippen molar-refractivity contribution < 1.29 is 24.5 Å². The summed E-state index contributed by atoms with van der Waals surface area (Å²) in [7, 11) is 0. The van der Waals surface area contributed by atoms with Crippen molar-refractivity contribution in [1.29, 1.82) is 0 Å². The molecule has 2 unspecified atom stereocenters. The van der Waals surface area contributed by atoms with Crippen molar-refractivity contribution in [2.75, 3.05) is 13.2 Å². The van der Waals surface area contributed by atoms with E-state index in [-0.39, 0.29) is 18.5 Å². The summed E-state index contributed by atoms with van der Waals surface area (Å²) in [6.07, 6.45) is 67.9. The van der Waals surface area contributed by atoms with Gasteiger partial charge in [0.25, 0.3) is 0 Å². The van der Waals surface area contributed by atoms with E-state index in [1.807, 2.05) is 6.08 Å².